The van der Waals surface area contributed by atoms with Crippen molar-refractivity contribution in [1.82, 2.24) is 4.37 Å². The molecule has 0 N–H and O–H groups in total. The van der Waals surface area contributed by atoms with Gasteiger partial charge in [0, 0.05) is 6.07 Å². The Bertz CT molecular complexity index is 360. The zero-order valence-corrected chi connectivity index (χ0v) is 8.09. The van der Waals surface area contributed by atoms with Crippen molar-refractivity contribution in [2.45, 2.75) is 0 Å². The van der Waals surface area contributed by atoms with Crippen LogP contribution in [0.25, 0.3) is 10.1 Å². The molecule has 2 unspecified atom stereocenters. The highest BCUT2D eigenvalue weighted by atomic mass is 32.2. The molecule has 0 amide bonds. The fourth-order valence-electron chi connectivity index (χ4n) is 0.908. The molecule has 0 fully saturated rings. The van der Waals surface area contributed by atoms with Crippen molar-refractivity contribution in [1.29, 1.82) is 0 Å². The Hall–Kier alpha value is -0.500. The molecule has 2 rings (SSSR count). The van der Waals surface area contributed by atoms with Gasteiger partial charge in [-0.25, -0.2) is 0 Å². The Labute approximate surface area is 70.8 Å². The summed E-state index contributed by atoms with van der Waals surface area (Å²) in [5, 5.41) is 0.973. The molecule has 2 nitrogen and oxygen atoms in total. The first-order valence-corrected chi connectivity index (χ1v) is 4.03. The van der Waals surface area contributed by atoms with Crippen molar-refractivity contribution in [3.05, 3.63) is 30.5 Å². The SMILES string of the molecule is P.[O-][s+]1ncc2ccccc21. The maximum Gasteiger partial charge on any atom is 0.206 e. The summed E-state index contributed by atoms with van der Waals surface area (Å²) in [4.78, 5) is 0. The predicted octanol–water partition coefficient (Wildman–Crippen LogP) is 2.02. The average molecular weight is 185 g/mol. The number of fused-ring (bicyclic) bond motifs is 1. The van der Waals surface area contributed by atoms with Crippen LogP contribution in [0.3, 0.4) is 0 Å². The standard InChI is InChI=1S/C7H5NOS.H3P/c9-10-7-4-2-1-3-6(7)5-8-10;/h1-5H;1H3. The van der Waals surface area contributed by atoms with Gasteiger partial charge >= 0.3 is 0 Å². The third-order valence-corrected chi connectivity index (χ3v) is 2.44. The van der Waals surface area contributed by atoms with Crippen molar-refractivity contribution in [2.24, 2.45) is 0 Å². The van der Waals surface area contributed by atoms with Crippen LogP contribution < -0.4 is 0 Å². The summed E-state index contributed by atoms with van der Waals surface area (Å²) in [6.07, 6.45) is 1.64. The highest BCUT2D eigenvalue weighted by molar-refractivity contribution is 7.26. The van der Waals surface area contributed by atoms with Gasteiger partial charge in [0.1, 0.15) is 0 Å². The van der Waals surface area contributed by atoms with Crippen LogP contribution in [0.15, 0.2) is 30.5 Å². The Morgan fingerprint density at radius 3 is 2.73 bits per heavy atom. The molecule has 4 heteroatoms. The summed E-state index contributed by atoms with van der Waals surface area (Å²) in [7, 11) is -1.13. The number of benzene rings is 1. The van der Waals surface area contributed by atoms with Gasteiger partial charge in [0.2, 0.25) is 4.70 Å². The Balaban J connectivity index is 0.000000605. The fraction of sp³-hybridized carbons (Fsp3) is 0. The molecular formula is C7H8NOPS. The first-order valence-electron chi connectivity index (χ1n) is 2.93. The molecule has 11 heavy (non-hydrogen) atoms. The summed E-state index contributed by atoms with van der Waals surface area (Å²) in [5.41, 5.74) is 0. The second-order valence-corrected chi connectivity index (χ2v) is 3.17. The molecule has 0 spiro atoms. The van der Waals surface area contributed by atoms with Crippen LogP contribution in [0, 0.1) is 0 Å². The largest absolute Gasteiger partial charge is 0.568 e. The van der Waals surface area contributed by atoms with Crippen LogP contribution in [0.4, 0.5) is 0 Å². The minimum Gasteiger partial charge on any atom is -0.568 e. The quantitative estimate of drug-likeness (QED) is 0.465. The lowest BCUT2D eigenvalue weighted by Crippen LogP contribution is -1.60. The topological polar surface area (TPSA) is 36.0 Å². The van der Waals surface area contributed by atoms with Gasteiger partial charge in [-0.3, -0.25) is 0 Å². The highest BCUT2D eigenvalue weighted by Gasteiger charge is 2.02. The molecule has 2 aromatic rings. The summed E-state index contributed by atoms with van der Waals surface area (Å²) in [5.74, 6) is 0. The maximum absolute atomic E-state index is 11.0. The van der Waals surface area contributed by atoms with Crippen LogP contribution in [0.5, 0.6) is 0 Å². The highest BCUT2D eigenvalue weighted by Crippen LogP contribution is 2.23. The van der Waals surface area contributed by atoms with Crippen LogP contribution in [0.1, 0.15) is 0 Å². The van der Waals surface area contributed by atoms with Crippen LogP contribution in [0.2, 0.25) is 0 Å². The van der Waals surface area contributed by atoms with E-state index in [1.165, 1.54) is 0 Å². The van der Waals surface area contributed by atoms with Gasteiger partial charge in [-0.2, -0.15) is 9.90 Å². The van der Waals surface area contributed by atoms with Gasteiger partial charge in [-0.05, 0) is 10.4 Å². The van der Waals surface area contributed by atoms with Gasteiger partial charge in [0.15, 0.2) is 0 Å². The van der Waals surface area contributed by atoms with Crippen molar-refractivity contribution in [3.63, 3.8) is 0 Å². The minimum atomic E-state index is -1.13. The summed E-state index contributed by atoms with van der Waals surface area (Å²) in [6.45, 7) is 0. The molecule has 1 aromatic carbocycles. The van der Waals surface area contributed by atoms with Crippen molar-refractivity contribution < 1.29 is 4.55 Å². The fourth-order valence-corrected chi connectivity index (χ4v) is 1.75. The Morgan fingerprint density at radius 2 is 2.00 bits per heavy atom. The lowest BCUT2D eigenvalue weighted by atomic mass is 10.3. The van der Waals surface area contributed by atoms with Gasteiger partial charge in [-0.1, -0.05) is 12.1 Å². The lowest BCUT2D eigenvalue weighted by molar-refractivity contribution is 0.593. The van der Waals surface area contributed by atoms with Crippen molar-refractivity contribution >= 4 is 30.9 Å². The Kier molecular flexibility index (Phi) is 2.55. The van der Waals surface area contributed by atoms with E-state index in [-0.39, 0.29) is 9.90 Å². The maximum atomic E-state index is 11.0. The number of rotatable bonds is 0. The molecule has 0 saturated heterocycles. The van der Waals surface area contributed by atoms with Crippen molar-refractivity contribution in [2.75, 3.05) is 0 Å². The zero-order valence-electron chi connectivity index (χ0n) is 5.86. The molecule has 0 saturated carbocycles. The molecule has 58 valence electrons. The molecule has 0 bridgehead atoms. The number of hydrogen-bond acceptors (Lipinski definition) is 2. The van der Waals surface area contributed by atoms with E-state index in [4.69, 9.17) is 0 Å². The lowest BCUT2D eigenvalue weighted by Gasteiger charge is -1.83. The van der Waals surface area contributed by atoms with E-state index < -0.39 is 10.9 Å². The number of hydrogen-bond donors (Lipinski definition) is 0. The molecule has 0 aliphatic carbocycles. The van der Waals surface area contributed by atoms with E-state index in [2.05, 4.69) is 4.37 Å². The molecule has 0 radical (unpaired) electrons. The third-order valence-electron chi connectivity index (χ3n) is 1.39. The zero-order chi connectivity index (χ0) is 6.97. The van der Waals surface area contributed by atoms with Gasteiger partial charge < -0.3 is 4.55 Å². The second-order valence-electron chi connectivity index (χ2n) is 2.02. The summed E-state index contributed by atoms with van der Waals surface area (Å²) < 4.78 is 15.6. The minimum absolute atomic E-state index is 0. The Morgan fingerprint density at radius 1 is 1.27 bits per heavy atom. The molecule has 2 atom stereocenters. The van der Waals surface area contributed by atoms with Gasteiger partial charge in [0.05, 0.1) is 22.5 Å². The molecule has 1 aromatic heterocycles. The van der Waals surface area contributed by atoms with Crippen molar-refractivity contribution in [3.8, 4) is 0 Å². The van der Waals surface area contributed by atoms with E-state index in [0.29, 0.717) is 0 Å². The monoisotopic (exact) mass is 185 g/mol. The predicted molar refractivity (Wildman–Crippen MR) is 51.5 cm³/mol. The molecule has 0 aliphatic rings. The van der Waals surface area contributed by atoms with Crippen LogP contribution in [-0.2, 0) is 0 Å². The summed E-state index contributed by atoms with van der Waals surface area (Å²) in [6, 6.07) is 7.51. The first kappa shape index (κ1) is 8.60. The van der Waals surface area contributed by atoms with E-state index in [1.807, 2.05) is 24.3 Å². The molecular weight excluding hydrogens is 177 g/mol. The number of aromatic nitrogens is 1. The van der Waals surface area contributed by atoms with E-state index in [0.717, 1.165) is 10.1 Å². The van der Waals surface area contributed by atoms with E-state index >= 15 is 0 Å². The average Bonchev–Trinajstić information content (AvgIpc) is 2.34. The molecule has 0 aliphatic heterocycles. The van der Waals surface area contributed by atoms with Crippen LogP contribution in [-0.4, -0.2) is 8.93 Å². The van der Waals surface area contributed by atoms with Crippen LogP contribution >= 0.6 is 20.8 Å². The third kappa shape index (κ3) is 1.41. The first-order chi connectivity index (χ1) is 4.88. The molecule has 1 heterocycles. The summed E-state index contributed by atoms with van der Waals surface area (Å²) >= 11 is 0. The van der Waals surface area contributed by atoms with Gasteiger partial charge in [0.25, 0.3) is 0 Å². The normalized spacial score (nSPS) is 11.2. The van der Waals surface area contributed by atoms with E-state index in [1.54, 1.807) is 6.20 Å². The second kappa shape index (κ2) is 3.26. The van der Waals surface area contributed by atoms with Gasteiger partial charge in [-0.15, -0.1) is 0 Å². The smallest absolute Gasteiger partial charge is 0.206 e. The number of nitrogens with zero attached hydrogens (tertiary/aromatic N) is 1. The van der Waals surface area contributed by atoms with E-state index in [9.17, 15) is 4.55 Å².